The second kappa shape index (κ2) is 5.10. The van der Waals surface area contributed by atoms with Gasteiger partial charge in [0.25, 0.3) is 0 Å². The first-order chi connectivity index (χ1) is 8.61. The molecule has 0 saturated carbocycles. The average molecular weight is 267 g/mol. The second-order valence-electron chi connectivity index (χ2n) is 3.37. The number of aromatic nitrogens is 2. The monoisotopic (exact) mass is 266 g/mol. The van der Waals surface area contributed by atoms with E-state index in [2.05, 4.69) is 14.7 Å². The molecule has 2 rings (SSSR count). The molecule has 0 fully saturated rings. The number of ether oxygens (including phenoxy) is 1. The minimum atomic E-state index is -0.656. The normalized spacial score (nSPS) is 10.2. The van der Waals surface area contributed by atoms with Gasteiger partial charge < -0.3 is 4.74 Å². The van der Waals surface area contributed by atoms with Crippen LogP contribution in [0.4, 0.5) is 4.39 Å². The van der Waals surface area contributed by atoms with Crippen LogP contribution in [0, 0.1) is 5.82 Å². The van der Waals surface area contributed by atoms with Gasteiger partial charge in [0.05, 0.1) is 12.7 Å². The summed E-state index contributed by atoms with van der Waals surface area (Å²) >= 11 is 5.77. The molecule has 6 heteroatoms. The number of carbonyl (C=O) groups is 1. The summed E-state index contributed by atoms with van der Waals surface area (Å²) in [6.45, 7) is 0. The summed E-state index contributed by atoms with van der Waals surface area (Å²) in [5, 5.41) is 0.0450. The third-order valence-electron chi connectivity index (χ3n) is 2.20. The number of esters is 1. The van der Waals surface area contributed by atoms with Gasteiger partial charge in [0.1, 0.15) is 11.0 Å². The van der Waals surface area contributed by atoms with Crippen molar-refractivity contribution in [3.8, 4) is 11.4 Å². The fourth-order valence-electron chi connectivity index (χ4n) is 1.39. The Labute approximate surface area is 107 Å². The quantitative estimate of drug-likeness (QED) is 0.619. The second-order valence-corrected chi connectivity index (χ2v) is 3.76. The van der Waals surface area contributed by atoms with Crippen molar-refractivity contribution in [1.82, 2.24) is 9.97 Å². The van der Waals surface area contributed by atoms with Crippen molar-refractivity contribution in [3.63, 3.8) is 0 Å². The Bertz CT molecular complexity index is 604. The lowest BCUT2D eigenvalue weighted by Gasteiger charge is -2.04. The predicted molar refractivity (Wildman–Crippen MR) is 63.8 cm³/mol. The predicted octanol–water partition coefficient (Wildman–Crippen LogP) is 2.72. The number of nitrogens with zero attached hydrogens (tertiary/aromatic N) is 2. The Morgan fingerprint density at radius 3 is 2.72 bits per heavy atom. The number of hydrogen-bond acceptors (Lipinski definition) is 4. The van der Waals surface area contributed by atoms with Gasteiger partial charge in [-0.3, -0.25) is 0 Å². The first kappa shape index (κ1) is 12.4. The van der Waals surface area contributed by atoms with Crippen molar-refractivity contribution in [2.75, 3.05) is 7.11 Å². The molecule has 2 aromatic rings. The van der Waals surface area contributed by atoms with Crippen LogP contribution in [0.1, 0.15) is 10.5 Å². The lowest BCUT2D eigenvalue weighted by molar-refractivity contribution is 0.0594. The molecule has 0 spiro atoms. The Balaban J connectivity index is 2.55. The van der Waals surface area contributed by atoms with Gasteiger partial charge in [0.2, 0.25) is 0 Å². The van der Waals surface area contributed by atoms with E-state index in [1.165, 1.54) is 25.3 Å². The van der Waals surface area contributed by atoms with Gasteiger partial charge in [0.15, 0.2) is 11.5 Å². The lowest BCUT2D eigenvalue weighted by Crippen LogP contribution is -2.06. The molecule has 0 bridgehead atoms. The van der Waals surface area contributed by atoms with Crippen LogP contribution in [0.2, 0.25) is 5.15 Å². The van der Waals surface area contributed by atoms with E-state index in [1.54, 1.807) is 12.1 Å². The summed E-state index contributed by atoms with van der Waals surface area (Å²) in [6, 6.07) is 7.22. The van der Waals surface area contributed by atoms with Gasteiger partial charge in [-0.1, -0.05) is 23.7 Å². The van der Waals surface area contributed by atoms with Gasteiger partial charge in [-0.2, -0.15) is 0 Å². The van der Waals surface area contributed by atoms with Crippen LogP contribution in [0.3, 0.4) is 0 Å². The molecule has 0 aliphatic rings. The number of halogens is 2. The molecule has 0 amide bonds. The summed E-state index contributed by atoms with van der Waals surface area (Å²) in [4.78, 5) is 19.2. The van der Waals surface area contributed by atoms with E-state index < -0.39 is 11.8 Å². The van der Waals surface area contributed by atoms with Gasteiger partial charge in [-0.15, -0.1) is 0 Å². The fourth-order valence-corrected chi connectivity index (χ4v) is 1.57. The van der Waals surface area contributed by atoms with E-state index in [4.69, 9.17) is 11.6 Å². The molecular weight excluding hydrogens is 259 g/mol. The smallest absolute Gasteiger partial charge is 0.356 e. The third kappa shape index (κ3) is 2.46. The molecule has 0 aliphatic carbocycles. The van der Waals surface area contributed by atoms with Crippen molar-refractivity contribution in [1.29, 1.82) is 0 Å². The van der Waals surface area contributed by atoms with E-state index in [0.29, 0.717) is 0 Å². The van der Waals surface area contributed by atoms with E-state index in [-0.39, 0.29) is 22.2 Å². The molecule has 92 valence electrons. The van der Waals surface area contributed by atoms with Crippen LogP contribution < -0.4 is 0 Å². The van der Waals surface area contributed by atoms with Crippen LogP contribution in [0.25, 0.3) is 11.4 Å². The topological polar surface area (TPSA) is 52.1 Å². The van der Waals surface area contributed by atoms with Crippen molar-refractivity contribution < 1.29 is 13.9 Å². The first-order valence-electron chi connectivity index (χ1n) is 4.99. The molecule has 1 aromatic heterocycles. The molecule has 0 saturated heterocycles. The number of benzene rings is 1. The molecular formula is C12H8ClFN2O2. The molecule has 18 heavy (non-hydrogen) atoms. The summed E-state index contributed by atoms with van der Waals surface area (Å²) in [6.07, 6.45) is 0. The fraction of sp³-hybridized carbons (Fsp3) is 0.0833. The highest BCUT2D eigenvalue weighted by molar-refractivity contribution is 6.29. The molecule has 1 aromatic carbocycles. The van der Waals surface area contributed by atoms with Crippen LogP contribution in [-0.2, 0) is 4.74 Å². The third-order valence-corrected chi connectivity index (χ3v) is 2.40. The maximum absolute atomic E-state index is 13.6. The Hall–Kier alpha value is -2.01. The van der Waals surface area contributed by atoms with Crippen molar-refractivity contribution in [2.24, 2.45) is 0 Å². The summed E-state index contributed by atoms with van der Waals surface area (Å²) in [7, 11) is 1.22. The lowest BCUT2D eigenvalue weighted by atomic mass is 10.2. The number of methoxy groups -OCH3 is 1. The summed E-state index contributed by atoms with van der Waals surface area (Å²) in [5.41, 5.74) is 0.154. The van der Waals surface area contributed by atoms with Crippen molar-refractivity contribution in [3.05, 3.63) is 47.0 Å². The molecule has 4 nitrogen and oxygen atoms in total. The van der Waals surface area contributed by atoms with Crippen LogP contribution in [-0.4, -0.2) is 23.0 Å². The Morgan fingerprint density at radius 1 is 1.33 bits per heavy atom. The molecule has 0 N–H and O–H groups in total. The molecule has 0 radical (unpaired) electrons. The zero-order valence-corrected chi connectivity index (χ0v) is 10.1. The van der Waals surface area contributed by atoms with Crippen molar-refractivity contribution >= 4 is 17.6 Å². The molecule has 0 atom stereocenters. The molecule has 0 aliphatic heterocycles. The highest BCUT2D eigenvalue weighted by Crippen LogP contribution is 2.21. The highest BCUT2D eigenvalue weighted by atomic mass is 35.5. The van der Waals surface area contributed by atoms with Crippen LogP contribution in [0.5, 0.6) is 0 Å². The maximum atomic E-state index is 13.6. The van der Waals surface area contributed by atoms with E-state index in [0.717, 1.165) is 0 Å². The van der Waals surface area contributed by atoms with E-state index >= 15 is 0 Å². The number of rotatable bonds is 2. The first-order valence-corrected chi connectivity index (χ1v) is 5.37. The number of hydrogen-bond donors (Lipinski definition) is 0. The minimum Gasteiger partial charge on any atom is -0.464 e. The number of carbonyl (C=O) groups excluding carboxylic acids is 1. The van der Waals surface area contributed by atoms with Gasteiger partial charge >= 0.3 is 5.97 Å². The van der Waals surface area contributed by atoms with Crippen LogP contribution in [0.15, 0.2) is 30.3 Å². The van der Waals surface area contributed by atoms with Crippen LogP contribution >= 0.6 is 11.6 Å². The SMILES string of the molecule is COC(=O)c1cc(Cl)nc(-c2ccccc2F)n1. The Morgan fingerprint density at radius 2 is 2.06 bits per heavy atom. The highest BCUT2D eigenvalue weighted by Gasteiger charge is 2.14. The standard InChI is InChI=1S/C12H8ClFN2O2/c1-18-12(17)9-6-10(13)16-11(15-9)7-4-2-3-5-8(7)14/h2-6H,1H3. The van der Waals surface area contributed by atoms with E-state index in [1.807, 2.05) is 0 Å². The average Bonchev–Trinajstić information content (AvgIpc) is 2.37. The molecule has 0 unspecified atom stereocenters. The Kier molecular flexibility index (Phi) is 3.53. The summed E-state index contributed by atoms with van der Waals surface area (Å²) < 4.78 is 18.1. The van der Waals surface area contributed by atoms with E-state index in [9.17, 15) is 9.18 Å². The van der Waals surface area contributed by atoms with Gasteiger partial charge in [0, 0.05) is 6.07 Å². The zero-order chi connectivity index (χ0) is 13.1. The van der Waals surface area contributed by atoms with Crippen molar-refractivity contribution in [2.45, 2.75) is 0 Å². The maximum Gasteiger partial charge on any atom is 0.356 e. The largest absolute Gasteiger partial charge is 0.464 e. The van der Waals surface area contributed by atoms with Gasteiger partial charge in [-0.25, -0.2) is 19.2 Å². The summed E-state index contributed by atoms with van der Waals surface area (Å²) in [5.74, 6) is -1.10. The van der Waals surface area contributed by atoms with Gasteiger partial charge in [-0.05, 0) is 12.1 Å². The molecule has 1 heterocycles. The zero-order valence-electron chi connectivity index (χ0n) is 9.35. The minimum absolute atomic E-state index is 0.0178.